The lowest BCUT2D eigenvalue weighted by Crippen LogP contribution is -2.30. The third-order valence-electron chi connectivity index (χ3n) is 4.93. The molecule has 0 bridgehead atoms. The van der Waals surface area contributed by atoms with E-state index in [9.17, 15) is 4.79 Å². The molecular weight excluding hydrogens is 324 g/mol. The Labute approximate surface area is 162 Å². The molecule has 0 aliphatic carbocycles. The van der Waals surface area contributed by atoms with Crippen LogP contribution in [-0.4, -0.2) is 25.3 Å². The van der Waals surface area contributed by atoms with E-state index in [1.54, 1.807) is 6.08 Å². The molecule has 0 aromatic heterocycles. The first kappa shape index (κ1) is 25.3. The summed E-state index contributed by atoms with van der Waals surface area (Å²) in [5.74, 6) is 1.30. The number of ketones is 1. The van der Waals surface area contributed by atoms with Gasteiger partial charge in [-0.2, -0.15) is 0 Å². The smallest absolute Gasteiger partial charge is 0.221 e. The molecule has 0 aliphatic heterocycles. The maximum absolute atomic E-state index is 12.5. The van der Waals surface area contributed by atoms with Gasteiger partial charge in [-0.1, -0.05) is 86.1 Å². The minimum atomic E-state index is -0.753. The molecule has 0 amide bonds. The number of rotatable bonds is 17. The average molecular weight is 369 g/mol. The van der Waals surface area contributed by atoms with Crippen molar-refractivity contribution in [3.63, 3.8) is 0 Å². The Bertz CT molecular complexity index is 342. The molecule has 0 heterocycles. The van der Waals surface area contributed by atoms with Crippen LogP contribution in [0.25, 0.3) is 0 Å². The van der Waals surface area contributed by atoms with Crippen LogP contribution in [0, 0.1) is 17.8 Å². The first-order valence-corrected chi connectivity index (χ1v) is 10.9. The van der Waals surface area contributed by atoms with Gasteiger partial charge in [-0.05, 0) is 36.7 Å². The molecule has 154 valence electrons. The molecule has 0 aromatic carbocycles. The van der Waals surface area contributed by atoms with Crippen molar-refractivity contribution < 1.29 is 14.3 Å². The van der Waals surface area contributed by atoms with Gasteiger partial charge in [0, 0.05) is 0 Å². The van der Waals surface area contributed by atoms with Gasteiger partial charge in [0.15, 0.2) is 0 Å². The van der Waals surface area contributed by atoms with Crippen LogP contribution in [0.4, 0.5) is 0 Å². The van der Waals surface area contributed by atoms with Crippen LogP contribution >= 0.6 is 0 Å². The Kier molecular flexibility index (Phi) is 16.1. The van der Waals surface area contributed by atoms with E-state index in [1.165, 1.54) is 25.7 Å². The Morgan fingerprint density at radius 1 is 0.846 bits per heavy atom. The van der Waals surface area contributed by atoms with Crippen LogP contribution in [-0.2, 0) is 14.3 Å². The van der Waals surface area contributed by atoms with E-state index in [4.69, 9.17) is 9.47 Å². The van der Waals surface area contributed by atoms with Crippen LogP contribution in [0.5, 0.6) is 0 Å². The number of allylic oxidation sites excluding steroid dienone is 1. The molecule has 0 saturated carbocycles. The standard InChI is InChI=1S/C23H44O3/c1-7-11-13-20(9-3)17-25-23(22(24)16-15-19(5)6)26-18-21(10-4)14-12-8-2/h15-16,19-21,23H,7-14,17-18H2,1-6H3/b16-15-/t20-,21+,23?. The second kappa shape index (κ2) is 16.5. The van der Waals surface area contributed by atoms with Crippen molar-refractivity contribution in [1.82, 2.24) is 0 Å². The van der Waals surface area contributed by atoms with Crippen molar-refractivity contribution in [1.29, 1.82) is 0 Å². The summed E-state index contributed by atoms with van der Waals surface area (Å²) in [5.41, 5.74) is 0. The number of ether oxygens (including phenoxy) is 2. The third-order valence-corrected chi connectivity index (χ3v) is 4.93. The van der Waals surface area contributed by atoms with Crippen molar-refractivity contribution in [2.75, 3.05) is 13.2 Å². The molecule has 3 atom stereocenters. The molecule has 0 N–H and O–H groups in total. The quantitative estimate of drug-likeness (QED) is 0.215. The summed E-state index contributed by atoms with van der Waals surface area (Å²) < 4.78 is 11.9. The monoisotopic (exact) mass is 368 g/mol. The highest BCUT2D eigenvalue weighted by molar-refractivity contribution is 5.92. The van der Waals surface area contributed by atoms with E-state index < -0.39 is 6.29 Å². The van der Waals surface area contributed by atoms with Gasteiger partial charge in [-0.25, -0.2) is 0 Å². The van der Waals surface area contributed by atoms with Gasteiger partial charge in [-0.3, -0.25) is 4.79 Å². The van der Waals surface area contributed by atoms with Crippen molar-refractivity contribution >= 4 is 5.78 Å². The number of hydrogen-bond donors (Lipinski definition) is 0. The first-order chi connectivity index (χ1) is 12.5. The zero-order chi connectivity index (χ0) is 19.8. The van der Waals surface area contributed by atoms with Crippen molar-refractivity contribution in [3.05, 3.63) is 12.2 Å². The highest BCUT2D eigenvalue weighted by Gasteiger charge is 2.21. The van der Waals surface area contributed by atoms with Crippen molar-refractivity contribution in [2.24, 2.45) is 17.8 Å². The fourth-order valence-corrected chi connectivity index (χ4v) is 2.82. The Morgan fingerprint density at radius 2 is 1.31 bits per heavy atom. The van der Waals surface area contributed by atoms with E-state index >= 15 is 0 Å². The van der Waals surface area contributed by atoms with E-state index in [2.05, 4.69) is 41.5 Å². The lowest BCUT2D eigenvalue weighted by Gasteiger charge is -2.23. The largest absolute Gasteiger partial charge is 0.345 e. The molecule has 0 fully saturated rings. The zero-order valence-electron chi connectivity index (χ0n) is 18.3. The fourth-order valence-electron chi connectivity index (χ4n) is 2.82. The first-order valence-electron chi connectivity index (χ1n) is 10.9. The summed E-state index contributed by atoms with van der Waals surface area (Å²) in [6.45, 7) is 14.1. The highest BCUT2D eigenvalue weighted by atomic mass is 16.7. The molecule has 0 spiro atoms. The zero-order valence-corrected chi connectivity index (χ0v) is 18.3. The summed E-state index contributed by atoms with van der Waals surface area (Å²) in [5, 5.41) is 0. The van der Waals surface area contributed by atoms with Gasteiger partial charge in [0.1, 0.15) is 0 Å². The number of carbonyl (C=O) groups excluding carboxylic acids is 1. The van der Waals surface area contributed by atoms with Crippen LogP contribution in [0.1, 0.15) is 92.9 Å². The van der Waals surface area contributed by atoms with Gasteiger partial charge in [0.05, 0.1) is 13.2 Å². The summed E-state index contributed by atoms with van der Waals surface area (Å²) in [7, 11) is 0. The molecule has 0 saturated heterocycles. The second-order valence-electron chi connectivity index (χ2n) is 7.84. The Morgan fingerprint density at radius 3 is 1.65 bits per heavy atom. The summed E-state index contributed by atoms with van der Waals surface area (Å²) in [4.78, 5) is 12.5. The maximum atomic E-state index is 12.5. The highest BCUT2D eigenvalue weighted by Crippen LogP contribution is 2.17. The topological polar surface area (TPSA) is 35.5 Å². The predicted octanol–water partition coefficient (Wildman–Crippen LogP) is 6.56. The summed E-state index contributed by atoms with van der Waals surface area (Å²) in [6, 6.07) is 0. The van der Waals surface area contributed by atoms with Crippen molar-refractivity contribution in [3.8, 4) is 0 Å². The summed E-state index contributed by atoms with van der Waals surface area (Å²) in [6.07, 6.45) is 12.1. The second-order valence-corrected chi connectivity index (χ2v) is 7.84. The fraction of sp³-hybridized carbons (Fsp3) is 0.870. The molecule has 0 radical (unpaired) electrons. The molecule has 0 aromatic rings. The van der Waals surface area contributed by atoms with Crippen LogP contribution in [0.2, 0.25) is 0 Å². The summed E-state index contributed by atoms with van der Waals surface area (Å²) >= 11 is 0. The SMILES string of the molecule is CCCC[C@@H](CC)COC(OC[C@@H](CC)CCCC)C(=O)/C=C\C(C)C. The van der Waals surface area contributed by atoms with E-state index in [-0.39, 0.29) is 5.78 Å². The predicted molar refractivity (Wildman–Crippen MR) is 111 cm³/mol. The van der Waals surface area contributed by atoms with Gasteiger partial charge in [0.25, 0.3) is 0 Å². The lowest BCUT2D eigenvalue weighted by molar-refractivity contribution is -0.173. The third kappa shape index (κ3) is 12.6. The Hall–Kier alpha value is -0.670. The molecule has 1 unspecified atom stereocenters. The molecular formula is C23H44O3. The number of unbranched alkanes of at least 4 members (excludes halogenated alkanes) is 2. The molecule has 26 heavy (non-hydrogen) atoms. The number of carbonyl (C=O) groups is 1. The minimum Gasteiger partial charge on any atom is -0.345 e. The van der Waals surface area contributed by atoms with Crippen LogP contribution in [0.3, 0.4) is 0 Å². The van der Waals surface area contributed by atoms with Gasteiger partial charge >= 0.3 is 0 Å². The van der Waals surface area contributed by atoms with E-state index in [0.29, 0.717) is 31.0 Å². The molecule has 3 heteroatoms. The normalized spacial score (nSPS) is 15.5. The molecule has 3 nitrogen and oxygen atoms in total. The molecule has 0 rings (SSSR count). The average Bonchev–Trinajstić information content (AvgIpc) is 2.64. The van der Waals surface area contributed by atoms with E-state index in [0.717, 1.165) is 25.7 Å². The number of hydrogen-bond acceptors (Lipinski definition) is 3. The van der Waals surface area contributed by atoms with Gasteiger partial charge < -0.3 is 9.47 Å². The van der Waals surface area contributed by atoms with Gasteiger partial charge in [0.2, 0.25) is 12.1 Å². The lowest BCUT2D eigenvalue weighted by atomic mass is 10.0. The maximum Gasteiger partial charge on any atom is 0.221 e. The van der Waals surface area contributed by atoms with E-state index in [1.807, 2.05) is 6.08 Å². The van der Waals surface area contributed by atoms with Crippen molar-refractivity contribution in [2.45, 2.75) is 99.2 Å². The van der Waals surface area contributed by atoms with Crippen LogP contribution in [0.15, 0.2) is 12.2 Å². The Balaban J connectivity index is 4.74. The van der Waals surface area contributed by atoms with Crippen LogP contribution < -0.4 is 0 Å². The van der Waals surface area contributed by atoms with Gasteiger partial charge in [-0.15, -0.1) is 0 Å². The minimum absolute atomic E-state index is 0.0608. The molecule has 0 aliphatic rings.